The topological polar surface area (TPSA) is 47.0 Å². The van der Waals surface area contributed by atoms with Crippen molar-refractivity contribution >= 4 is 23.5 Å². The number of hydrogen-bond donors (Lipinski definition) is 1. The first kappa shape index (κ1) is 14.8. The van der Waals surface area contributed by atoms with Crippen LogP contribution in [0.4, 0.5) is 5.82 Å². The van der Waals surface area contributed by atoms with Crippen LogP contribution in [-0.2, 0) is 4.74 Å². The smallest absolute Gasteiger partial charge is 0.224 e. The molecule has 0 fully saturated rings. The molecule has 1 rings (SSSR count). The quantitative estimate of drug-likeness (QED) is 0.605. The van der Waals surface area contributed by atoms with Gasteiger partial charge in [0.1, 0.15) is 5.82 Å². The van der Waals surface area contributed by atoms with Crippen molar-refractivity contribution in [1.29, 1.82) is 0 Å². The third-order valence-electron chi connectivity index (χ3n) is 2.62. The maximum atomic E-state index is 5.83. The normalized spacial score (nSPS) is 11.2. The van der Waals surface area contributed by atoms with Gasteiger partial charge in [-0.3, -0.25) is 0 Å². The average Bonchev–Trinajstić information content (AvgIpc) is 2.38. The van der Waals surface area contributed by atoms with E-state index < -0.39 is 0 Å². The molecule has 0 aromatic carbocycles. The van der Waals surface area contributed by atoms with Gasteiger partial charge in [-0.15, -0.1) is 0 Å². The van der Waals surface area contributed by atoms with Crippen molar-refractivity contribution < 1.29 is 4.74 Å². The van der Waals surface area contributed by atoms with Crippen molar-refractivity contribution in [2.75, 3.05) is 11.9 Å². The minimum Gasteiger partial charge on any atom is -0.501 e. The summed E-state index contributed by atoms with van der Waals surface area (Å²) in [5.74, 6) is 0.750. The van der Waals surface area contributed by atoms with Gasteiger partial charge in [-0.1, -0.05) is 13.8 Å². The molecule has 0 aliphatic carbocycles. The second-order valence-electron chi connectivity index (χ2n) is 3.86. The van der Waals surface area contributed by atoms with Gasteiger partial charge < -0.3 is 10.1 Å². The summed E-state index contributed by atoms with van der Waals surface area (Å²) in [6.07, 6.45) is 7.24. The fourth-order valence-electron chi connectivity index (χ4n) is 1.51. The second-order valence-corrected chi connectivity index (χ2v) is 4.20. The van der Waals surface area contributed by atoms with Crippen LogP contribution in [0.3, 0.4) is 0 Å². The van der Waals surface area contributed by atoms with E-state index in [-0.39, 0.29) is 5.28 Å². The van der Waals surface area contributed by atoms with Crippen LogP contribution in [0.15, 0.2) is 12.5 Å². The van der Waals surface area contributed by atoms with E-state index in [1.165, 1.54) is 0 Å². The predicted molar refractivity (Wildman–Crippen MR) is 75.7 cm³/mol. The molecule has 0 amide bonds. The van der Waals surface area contributed by atoms with E-state index in [1.54, 1.807) is 12.5 Å². The predicted octanol–water partition coefficient (Wildman–Crippen LogP) is 3.74. The molecule has 0 unspecified atom stereocenters. The first-order valence-corrected chi connectivity index (χ1v) is 6.66. The molecule has 100 valence electrons. The van der Waals surface area contributed by atoms with Gasteiger partial charge in [0.05, 0.1) is 12.9 Å². The van der Waals surface area contributed by atoms with Crippen LogP contribution in [0.1, 0.15) is 39.2 Å². The Hall–Kier alpha value is -1.29. The lowest BCUT2D eigenvalue weighted by atomic mass is 10.1. The van der Waals surface area contributed by atoms with Crippen LogP contribution < -0.4 is 5.32 Å². The van der Waals surface area contributed by atoms with E-state index in [0.717, 1.165) is 24.2 Å². The van der Waals surface area contributed by atoms with E-state index in [0.29, 0.717) is 12.6 Å². The van der Waals surface area contributed by atoms with Gasteiger partial charge in [-0.05, 0) is 37.4 Å². The van der Waals surface area contributed by atoms with Gasteiger partial charge in [0, 0.05) is 17.8 Å². The summed E-state index contributed by atoms with van der Waals surface area (Å²) in [6, 6.07) is 0.384. The van der Waals surface area contributed by atoms with Gasteiger partial charge in [-0.25, -0.2) is 9.97 Å². The lowest BCUT2D eigenvalue weighted by Gasteiger charge is -2.16. The highest BCUT2D eigenvalue weighted by atomic mass is 35.5. The Bertz CT molecular complexity index is 392. The first-order chi connectivity index (χ1) is 8.71. The Morgan fingerprint density at radius 3 is 2.72 bits per heavy atom. The zero-order valence-corrected chi connectivity index (χ0v) is 11.9. The summed E-state index contributed by atoms with van der Waals surface area (Å²) in [5.41, 5.74) is 0.875. The molecule has 18 heavy (non-hydrogen) atoms. The Morgan fingerprint density at radius 2 is 2.11 bits per heavy atom. The second kappa shape index (κ2) is 7.93. The van der Waals surface area contributed by atoms with Crippen LogP contribution in [0.2, 0.25) is 5.28 Å². The highest BCUT2D eigenvalue weighted by molar-refractivity contribution is 6.28. The van der Waals surface area contributed by atoms with Crippen molar-refractivity contribution in [3.8, 4) is 0 Å². The number of ether oxygens (including phenoxy) is 1. The van der Waals surface area contributed by atoms with Gasteiger partial charge in [0.25, 0.3) is 0 Å². The zero-order chi connectivity index (χ0) is 13.4. The third-order valence-corrected chi connectivity index (χ3v) is 2.81. The largest absolute Gasteiger partial charge is 0.501 e. The molecule has 4 nitrogen and oxygen atoms in total. The molecule has 1 heterocycles. The fourth-order valence-corrected chi connectivity index (χ4v) is 1.64. The lowest BCUT2D eigenvalue weighted by molar-refractivity contribution is 0.272. The average molecular weight is 270 g/mol. The van der Waals surface area contributed by atoms with Crippen molar-refractivity contribution in [2.24, 2.45) is 0 Å². The van der Waals surface area contributed by atoms with Crippen molar-refractivity contribution in [2.45, 2.75) is 39.7 Å². The number of rotatable bonds is 7. The Kier molecular flexibility index (Phi) is 6.50. The Morgan fingerprint density at radius 1 is 1.39 bits per heavy atom. The molecule has 0 spiro atoms. The van der Waals surface area contributed by atoms with E-state index in [9.17, 15) is 0 Å². The number of nitrogens with one attached hydrogen (secondary N) is 1. The van der Waals surface area contributed by atoms with Crippen LogP contribution in [0, 0.1) is 0 Å². The summed E-state index contributed by atoms with van der Waals surface area (Å²) >= 11 is 5.83. The van der Waals surface area contributed by atoms with Crippen LogP contribution >= 0.6 is 11.6 Å². The number of aromatic nitrogens is 2. The van der Waals surface area contributed by atoms with Crippen LogP contribution in [0.25, 0.3) is 6.08 Å². The van der Waals surface area contributed by atoms with E-state index in [1.807, 2.05) is 13.0 Å². The SMILES string of the molecule is CCOC=Cc1cnc(Cl)nc1NC(CC)CC. The molecule has 0 aliphatic heterocycles. The third kappa shape index (κ3) is 4.53. The molecule has 0 aliphatic rings. The maximum Gasteiger partial charge on any atom is 0.224 e. The fraction of sp³-hybridized carbons (Fsp3) is 0.538. The monoisotopic (exact) mass is 269 g/mol. The van der Waals surface area contributed by atoms with Gasteiger partial charge in [0.2, 0.25) is 5.28 Å². The molecule has 0 radical (unpaired) electrons. The van der Waals surface area contributed by atoms with Crippen LogP contribution in [0.5, 0.6) is 0 Å². The highest BCUT2D eigenvalue weighted by Gasteiger charge is 2.08. The van der Waals surface area contributed by atoms with Crippen LogP contribution in [-0.4, -0.2) is 22.6 Å². The van der Waals surface area contributed by atoms with E-state index >= 15 is 0 Å². The molecule has 1 N–H and O–H groups in total. The minimum atomic E-state index is 0.247. The molecule has 5 heteroatoms. The van der Waals surface area contributed by atoms with Crippen molar-refractivity contribution in [3.63, 3.8) is 0 Å². The van der Waals surface area contributed by atoms with Crippen molar-refractivity contribution in [1.82, 2.24) is 9.97 Å². The number of anilines is 1. The number of halogens is 1. The summed E-state index contributed by atoms with van der Waals surface area (Å²) in [6.45, 7) is 6.85. The molecule has 0 atom stereocenters. The highest BCUT2D eigenvalue weighted by Crippen LogP contribution is 2.18. The maximum absolute atomic E-state index is 5.83. The van der Waals surface area contributed by atoms with Gasteiger partial charge >= 0.3 is 0 Å². The van der Waals surface area contributed by atoms with E-state index in [4.69, 9.17) is 16.3 Å². The molecular weight excluding hydrogens is 250 g/mol. The Balaban J connectivity index is 2.88. The molecular formula is C13H20ClN3O. The van der Waals surface area contributed by atoms with Crippen molar-refractivity contribution in [3.05, 3.63) is 23.3 Å². The summed E-state index contributed by atoms with van der Waals surface area (Å²) in [4.78, 5) is 8.21. The first-order valence-electron chi connectivity index (χ1n) is 6.28. The standard InChI is InChI=1S/C13H20ClN3O/c1-4-11(5-2)16-12-10(7-8-18-6-3)9-15-13(14)17-12/h7-9,11H,4-6H2,1-3H3,(H,15,16,17). The number of hydrogen-bond acceptors (Lipinski definition) is 4. The van der Waals surface area contributed by atoms with Gasteiger partial charge in [-0.2, -0.15) is 0 Å². The molecule has 0 bridgehead atoms. The zero-order valence-electron chi connectivity index (χ0n) is 11.1. The number of nitrogens with zero attached hydrogens (tertiary/aromatic N) is 2. The molecule has 0 saturated heterocycles. The lowest BCUT2D eigenvalue weighted by Crippen LogP contribution is -2.18. The van der Waals surface area contributed by atoms with E-state index in [2.05, 4.69) is 29.1 Å². The summed E-state index contributed by atoms with van der Waals surface area (Å²) in [7, 11) is 0. The molecule has 0 saturated carbocycles. The summed E-state index contributed by atoms with van der Waals surface area (Å²) in [5, 5.41) is 3.62. The Labute approximate surface area is 113 Å². The molecule has 1 aromatic heterocycles. The summed E-state index contributed by atoms with van der Waals surface area (Å²) < 4.78 is 5.18. The van der Waals surface area contributed by atoms with Gasteiger partial charge in [0.15, 0.2) is 0 Å². The minimum absolute atomic E-state index is 0.247. The molecule has 1 aromatic rings.